The van der Waals surface area contributed by atoms with Gasteiger partial charge in [0.1, 0.15) is 0 Å². The Balaban J connectivity index is 1.68. The second-order valence-corrected chi connectivity index (χ2v) is 7.28. The van der Waals surface area contributed by atoms with Gasteiger partial charge in [0.25, 0.3) is 5.91 Å². The number of rotatable bonds is 4. The molecular formula is C15H12N2OS3. The number of hydrogen-bond acceptors (Lipinski definition) is 5. The Hall–Kier alpha value is -1.50. The Kier molecular flexibility index (Phi) is 4.48. The van der Waals surface area contributed by atoms with Gasteiger partial charge in [-0.1, -0.05) is 54.3 Å². The van der Waals surface area contributed by atoms with Gasteiger partial charge in [-0.15, -0.1) is 11.3 Å². The van der Waals surface area contributed by atoms with Gasteiger partial charge in [0, 0.05) is 16.2 Å². The second kappa shape index (κ2) is 6.51. The van der Waals surface area contributed by atoms with Crippen molar-refractivity contribution in [1.29, 1.82) is 0 Å². The molecule has 1 amide bonds. The Labute approximate surface area is 136 Å². The SMILES string of the molecule is O=C1CSC(=S)N1N=Cc1ccc(Cc2ccccc2)s1. The lowest BCUT2D eigenvalue weighted by molar-refractivity contribution is -0.123. The Morgan fingerprint density at radius 3 is 2.76 bits per heavy atom. The minimum atomic E-state index is -0.0534. The summed E-state index contributed by atoms with van der Waals surface area (Å²) >= 11 is 8.11. The van der Waals surface area contributed by atoms with Gasteiger partial charge in [-0.05, 0) is 17.7 Å². The molecule has 0 radical (unpaired) electrons. The maximum atomic E-state index is 11.6. The zero-order valence-electron chi connectivity index (χ0n) is 11.1. The van der Waals surface area contributed by atoms with Crippen LogP contribution >= 0.6 is 35.3 Å². The van der Waals surface area contributed by atoms with Crippen molar-refractivity contribution in [2.45, 2.75) is 6.42 Å². The molecule has 1 aromatic carbocycles. The average molecular weight is 332 g/mol. The van der Waals surface area contributed by atoms with E-state index in [4.69, 9.17) is 12.2 Å². The molecule has 0 unspecified atom stereocenters. The third-order valence-corrected chi connectivity index (χ3v) is 5.29. The molecule has 0 spiro atoms. The number of amides is 1. The summed E-state index contributed by atoms with van der Waals surface area (Å²) in [7, 11) is 0. The molecule has 3 rings (SSSR count). The number of carbonyl (C=O) groups is 1. The average Bonchev–Trinajstić information content (AvgIpc) is 3.06. The van der Waals surface area contributed by atoms with Gasteiger partial charge in [0.2, 0.25) is 0 Å². The number of carbonyl (C=O) groups excluding carboxylic acids is 1. The van der Waals surface area contributed by atoms with E-state index in [9.17, 15) is 4.79 Å². The molecule has 2 heterocycles. The van der Waals surface area contributed by atoms with Crippen molar-refractivity contribution in [2.75, 3.05) is 5.75 Å². The van der Waals surface area contributed by atoms with Crippen molar-refractivity contribution in [1.82, 2.24) is 5.01 Å². The van der Waals surface area contributed by atoms with Gasteiger partial charge in [-0.25, -0.2) is 0 Å². The topological polar surface area (TPSA) is 32.7 Å². The standard InChI is InChI=1S/C15H12N2OS3/c18-14-10-20-15(19)17(14)16-9-13-7-6-12(21-13)8-11-4-2-1-3-5-11/h1-7,9H,8,10H2. The lowest BCUT2D eigenvalue weighted by Gasteiger charge is -2.05. The lowest BCUT2D eigenvalue weighted by Crippen LogP contribution is -2.22. The second-order valence-electron chi connectivity index (χ2n) is 4.47. The predicted octanol–water partition coefficient (Wildman–Crippen LogP) is 3.53. The van der Waals surface area contributed by atoms with Crippen molar-refractivity contribution in [3.8, 4) is 0 Å². The lowest BCUT2D eigenvalue weighted by atomic mass is 10.1. The summed E-state index contributed by atoms with van der Waals surface area (Å²) in [6.45, 7) is 0. The fourth-order valence-corrected chi connectivity index (χ4v) is 3.81. The molecule has 1 fully saturated rings. The molecule has 1 saturated heterocycles. The quantitative estimate of drug-likeness (QED) is 0.634. The number of thioether (sulfide) groups is 1. The summed E-state index contributed by atoms with van der Waals surface area (Å²) in [4.78, 5) is 13.9. The molecule has 0 bridgehead atoms. The first-order valence-electron chi connectivity index (χ1n) is 6.39. The van der Waals surface area contributed by atoms with Crippen LogP contribution in [-0.4, -0.2) is 27.2 Å². The fraction of sp³-hybridized carbons (Fsp3) is 0.133. The number of nitrogens with zero attached hydrogens (tertiary/aromatic N) is 2. The highest BCUT2D eigenvalue weighted by Crippen LogP contribution is 2.21. The van der Waals surface area contributed by atoms with Crippen molar-refractivity contribution < 1.29 is 4.79 Å². The first-order valence-corrected chi connectivity index (χ1v) is 8.60. The molecular weight excluding hydrogens is 320 g/mol. The van der Waals surface area contributed by atoms with E-state index in [1.165, 1.54) is 27.2 Å². The van der Waals surface area contributed by atoms with E-state index in [0.717, 1.165) is 11.3 Å². The molecule has 1 aromatic heterocycles. The molecule has 1 aliphatic rings. The zero-order valence-corrected chi connectivity index (χ0v) is 13.5. The first kappa shape index (κ1) is 14.4. The van der Waals surface area contributed by atoms with Crippen LogP contribution in [0.1, 0.15) is 15.3 Å². The predicted molar refractivity (Wildman–Crippen MR) is 93.1 cm³/mol. The molecule has 0 atom stereocenters. The van der Waals surface area contributed by atoms with Crippen molar-refractivity contribution in [3.63, 3.8) is 0 Å². The van der Waals surface area contributed by atoms with Crippen LogP contribution in [-0.2, 0) is 11.2 Å². The number of thiocarbonyl (C=S) groups is 1. The molecule has 0 saturated carbocycles. The highest BCUT2D eigenvalue weighted by Gasteiger charge is 2.25. The highest BCUT2D eigenvalue weighted by molar-refractivity contribution is 8.23. The largest absolute Gasteiger partial charge is 0.272 e. The number of hydrazone groups is 1. The normalized spacial score (nSPS) is 15.3. The number of benzene rings is 1. The molecule has 21 heavy (non-hydrogen) atoms. The Bertz CT molecular complexity index is 678. The maximum Gasteiger partial charge on any atom is 0.259 e. The van der Waals surface area contributed by atoms with Gasteiger partial charge < -0.3 is 0 Å². The number of hydrogen-bond donors (Lipinski definition) is 0. The molecule has 0 N–H and O–H groups in total. The smallest absolute Gasteiger partial charge is 0.259 e. The molecule has 6 heteroatoms. The summed E-state index contributed by atoms with van der Waals surface area (Å²) in [5, 5.41) is 5.49. The molecule has 106 valence electrons. The van der Waals surface area contributed by atoms with E-state index in [-0.39, 0.29) is 5.91 Å². The van der Waals surface area contributed by atoms with Crippen molar-refractivity contribution in [3.05, 3.63) is 57.8 Å². The zero-order chi connectivity index (χ0) is 14.7. The Morgan fingerprint density at radius 2 is 2.05 bits per heavy atom. The van der Waals surface area contributed by atoms with E-state index < -0.39 is 0 Å². The van der Waals surface area contributed by atoms with Crippen molar-refractivity contribution in [2.24, 2.45) is 5.10 Å². The molecule has 0 aliphatic carbocycles. The summed E-state index contributed by atoms with van der Waals surface area (Å²) < 4.78 is 0.525. The van der Waals surface area contributed by atoms with Gasteiger partial charge in [-0.3, -0.25) is 4.79 Å². The van der Waals surface area contributed by atoms with E-state index in [0.29, 0.717) is 10.1 Å². The van der Waals surface area contributed by atoms with Crippen LogP contribution in [0, 0.1) is 0 Å². The van der Waals surface area contributed by atoms with Crippen LogP contribution in [0.25, 0.3) is 0 Å². The van der Waals surface area contributed by atoms with Crippen LogP contribution in [0.4, 0.5) is 0 Å². The van der Waals surface area contributed by atoms with Gasteiger partial charge >= 0.3 is 0 Å². The van der Waals surface area contributed by atoms with E-state index in [1.54, 1.807) is 17.6 Å². The van der Waals surface area contributed by atoms with Crippen LogP contribution in [0.3, 0.4) is 0 Å². The van der Waals surface area contributed by atoms with Crippen LogP contribution in [0.5, 0.6) is 0 Å². The van der Waals surface area contributed by atoms with E-state index in [1.807, 2.05) is 24.3 Å². The monoisotopic (exact) mass is 332 g/mol. The maximum absolute atomic E-state index is 11.6. The van der Waals surface area contributed by atoms with Crippen molar-refractivity contribution >= 4 is 51.8 Å². The van der Waals surface area contributed by atoms with Crippen LogP contribution in [0.2, 0.25) is 0 Å². The summed E-state index contributed by atoms with van der Waals surface area (Å²) in [6.07, 6.45) is 2.62. The first-order chi connectivity index (χ1) is 10.2. The highest BCUT2D eigenvalue weighted by atomic mass is 32.2. The number of thiophene rings is 1. The third-order valence-electron chi connectivity index (χ3n) is 2.93. The fourth-order valence-electron chi connectivity index (χ4n) is 1.93. The van der Waals surface area contributed by atoms with E-state index >= 15 is 0 Å². The molecule has 3 nitrogen and oxygen atoms in total. The van der Waals surface area contributed by atoms with Crippen LogP contribution < -0.4 is 0 Å². The van der Waals surface area contributed by atoms with E-state index in [2.05, 4.69) is 23.3 Å². The van der Waals surface area contributed by atoms with Gasteiger partial charge in [-0.2, -0.15) is 10.1 Å². The van der Waals surface area contributed by atoms with Gasteiger partial charge in [0.05, 0.1) is 12.0 Å². The third kappa shape index (κ3) is 3.58. The summed E-state index contributed by atoms with van der Waals surface area (Å²) in [5.41, 5.74) is 1.29. The summed E-state index contributed by atoms with van der Waals surface area (Å²) in [6, 6.07) is 14.5. The summed E-state index contributed by atoms with van der Waals surface area (Å²) in [5.74, 6) is 0.335. The van der Waals surface area contributed by atoms with Crippen LogP contribution in [0.15, 0.2) is 47.6 Å². The molecule has 2 aromatic rings. The van der Waals surface area contributed by atoms with Gasteiger partial charge in [0.15, 0.2) is 4.32 Å². The minimum absolute atomic E-state index is 0.0534. The molecule has 1 aliphatic heterocycles. The Morgan fingerprint density at radius 1 is 1.24 bits per heavy atom. The minimum Gasteiger partial charge on any atom is -0.272 e.